The molecular weight excluding hydrogens is 256 g/mol. The SMILES string of the molecule is COc1cc(N)cc(NC2CCCc3sccc32)c1. The first kappa shape index (κ1) is 12.4. The number of thiophene rings is 1. The number of nitrogen functional groups attached to an aromatic ring is 1. The van der Waals surface area contributed by atoms with Crippen molar-refractivity contribution in [2.45, 2.75) is 25.3 Å². The van der Waals surface area contributed by atoms with Crippen LogP contribution in [-0.2, 0) is 6.42 Å². The average Bonchev–Trinajstić information content (AvgIpc) is 2.87. The van der Waals surface area contributed by atoms with Crippen LogP contribution in [0.5, 0.6) is 5.75 Å². The quantitative estimate of drug-likeness (QED) is 0.836. The molecule has 0 bridgehead atoms. The van der Waals surface area contributed by atoms with E-state index in [1.807, 2.05) is 29.5 Å². The van der Waals surface area contributed by atoms with Gasteiger partial charge in [0.15, 0.2) is 0 Å². The molecule has 100 valence electrons. The molecule has 3 N–H and O–H groups in total. The number of nitrogens with two attached hydrogens (primary N) is 1. The van der Waals surface area contributed by atoms with Gasteiger partial charge in [-0.3, -0.25) is 0 Å². The summed E-state index contributed by atoms with van der Waals surface area (Å²) in [5.41, 5.74) is 9.09. The van der Waals surface area contributed by atoms with Gasteiger partial charge in [-0.1, -0.05) is 0 Å². The Kier molecular flexibility index (Phi) is 3.34. The first-order valence-corrected chi connectivity index (χ1v) is 7.41. The molecule has 3 nitrogen and oxygen atoms in total. The third-order valence-electron chi connectivity index (χ3n) is 3.56. The van der Waals surface area contributed by atoms with Crippen molar-refractivity contribution in [2.24, 2.45) is 0 Å². The molecule has 2 aromatic rings. The van der Waals surface area contributed by atoms with E-state index in [4.69, 9.17) is 10.5 Å². The minimum Gasteiger partial charge on any atom is -0.497 e. The Balaban J connectivity index is 1.85. The average molecular weight is 274 g/mol. The topological polar surface area (TPSA) is 47.3 Å². The van der Waals surface area contributed by atoms with Crippen LogP contribution in [0.2, 0.25) is 0 Å². The fourth-order valence-corrected chi connectivity index (χ4v) is 3.65. The van der Waals surface area contributed by atoms with Gasteiger partial charge in [0.05, 0.1) is 13.2 Å². The Morgan fingerprint density at radius 1 is 1.37 bits per heavy atom. The maximum atomic E-state index is 5.90. The number of aryl methyl sites for hydroxylation is 1. The number of ether oxygens (including phenoxy) is 1. The van der Waals surface area contributed by atoms with Gasteiger partial charge in [0.2, 0.25) is 0 Å². The zero-order valence-electron chi connectivity index (χ0n) is 11.0. The Morgan fingerprint density at radius 2 is 2.26 bits per heavy atom. The molecule has 0 saturated carbocycles. The van der Waals surface area contributed by atoms with Gasteiger partial charge in [-0.05, 0) is 42.3 Å². The highest BCUT2D eigenvalue weighted by atomic mass is 32.1. The normalized spacial score (nSPS) is 17.8. The van der Waals surface area contributed by atoms with Crippen LogP contribution in [0.15, 0.2) is 29.6 Å². The number of fused-ring (bicyclic) bond motifs is 1. The molecule has 1 heterocycles. The van der Waals surface area contributed by atoms with Crippen molar-refractivity contribution in [1.82, 2.24) is 0 Å². The lowest BCUT2D eigenvalue weighted by molar-refractivity contribution is 0.415. The molecule has 1 aliphatic carbocycles. The van der Waals surface area contributed by atoms with Gasteiger partial charge in [0.25, 0.3) is 0 Å². The van der Waals surface area contributed by atoms with E-state index >= 15 is 0 Å². The maximum Gasteiger partial charge on any atom is 0.122 e. The largest absolute Gasteiger partial charge is 0.497 e. The number of benzene rings is 1. The fraction of sp³-hybridized carbons (Fsp3) is 0.333. The summed E-state index contributed by atoms with van der Waals surface area (Å²) in [4.78, 5) is 1.51. The summed E-state index contributed by atoms with van der Waals surface area (Å²) in [5.74, 6) is 0.795. The number of hydrogen-bond acceptors (Lipinski definition) is 4. The second-order valence-corrected chi connectivity index (χ2v) is 5.88. The van der Waals surface area contributed by atoms with Crippen LogP contribution in [0.3, 0.4) is 0 Å². The minimum atomic E-state index is 0.390. The van der Waals surface area contributed by atoms with Gasteiger partial charge >= 0.3 is 0 Å². The summed E-state index contributed by atoms with van der Waals surface area (Å²) in [7, 11) is 1.66. The molecule has 0 aliphatic heterocycles. The Morgan fingerprint density at radius 3 is 3.11 bits per heavy atom. The van der Waals surface area contributed by atoms with Crippen LogP contribution in [-0.4, -0.2) is 7.11 Å². The Bertz CT molecular complexity index is 579. The van der Waals surface area contributed by atoms with Crippen molar-refractivity contribution >= 4 is 22.7 Å². The molecule has 4 heteroatoms. The third-order valence-corrected chi connectivity index (χ3v) is 4.55. The molecule has 1 aromatic carbocycles. The van der Waals surface area contributed by atoms with Gasteiger partial charge in [-0.2, -0.15) is 0 Å². The van der Waals surface area contributed by atoms with Gasteiger partial charge in [-0.15, -0.1) is 11.3 Å². The van der Waals surface area contributed by atoms with Crippen molar-refractivity contribution in [3.8, 4) is 5.75 Å². The van der Waals surface area contributed by atoms with Crippen LogP contribution in [0, 0.1) is 0 Å². The lowest BCUT2D eigenvalue weighted by Crippen LogP contribution is -2.15. The van der Waals surface area contributed by atoms with Crippen LogP contribution in [0.1, 0.15) is 29.3 Å². The highest BCUT2D eigenvalue weighted by Crippen LogP contribution is 2.36. The Hall–Kier alpha value is -1.68. The number of methoxy groups -OCH3 is 1. The van der Waals surface area contributed by atoms with Gasteiger partial charge in [-0.25, -0.2) is 0 Å². The van der Waals surface area contributed by atoms with E-state index in [9.17, 15) is 0 Å². The predicted octanol–water partition coefficient (Wildman–Crippen LogP) is 3.83. The van der Waals surface area contributed by atoms with Crippen LogP contribution >= 0.6 is 11.3 Å². The molecule has 0 fully saturated rings. The van der Waals surface area contributed by atoms with Crippen molar-refractivity contribution in [1.29, 1.82) is 0 Å². The predicted molar refractivity (Wildman–Crippen MR) is 81.0 cm³/mol. The molecule has 0 amide bonds. The van der Waals surface area contributed by atoms with Crippen molar-refractivity contribution < 1.29 is 4.74 Å². The molecule has 1 aliphatic rings. The standard InChI is InChI=1S/C15H18N2OS/c1-18-12-8-10(16)7-11(9-12)17-14-3-2-4-15-13(14)5-6-19-15/h5-9,14,17H,2-4,16H2,1H3. The zero-order valence-corrected chi connectivity index (χ0v) is 11.8. The van der Waals surface area contributed by atoms with Crippen LogP contribution < -0.4 is 15.8 Å². The summed E-state index contributed by atoms with van der Waals surface area (Å²) in [5, 5.41) is 5.77. The molecule has 3 rings (SSSR count). The first-order chi connectivity index (χ1) is 9.26. The summed E-state index contributed by atoms with van der Waals surface area (Å²) >= 11 is 1.86. The van der Waals surface area contributed by atoms with E-state index < -0.39 is 0 Å². The molecule has 1 aromatic heterocycles. The van der Waals surface area contributed by atoms with E-state index in [1.54, 1.807) is 7.11 Å². The van der Waals surface area contributed by atoms with Crippen LogP contribution in [0.4, 0.5) is 11.4 Å². The monoisotopic (exact) mass is 274 g/mol. The first-order valence-electron chi connectivity index (χ1n) is 6.53. The number of hydrogen-bond donors (Lipinski definition) is 2. The summed E-state index contributed by atoms with van der Waals surface area (Å²) in [6, 6.07) is 8.42. The zero-order chi connectivity index (χ0) is 13.2. The third kappa shape index (κ3) is 2.54. The lowest BCUT2D eigenvalue weighted by atomic mass is 9.94. The molecule has 1 unspecified atom stereocenters. The molecule has 19 heavy (non-hydrogen) atoms. The van der Waals surface area contributed by atoms with Gasteiger partial charge < -0.3 is 15.8 Å². The second kappa shape index (κ2) is 5.13. The van der Waals surface area contributed by atoms with E-state index in [-0.39, 0.29) is 0 Å². The van der Waals surface area contributed by atoms with Gasteiger partial charge in [0, 0.05) is 28.4 Å². The highest BCUT2D eigenvalue weighted by molar-refractivity contribution is 7.10. The lowest BCUT2D eigenvalue weighted by Gasteiger charge is -2.25. The number of nitrogens with one attached hydrogen (secondary N) is 1. The van der Waals surface area contributed by atoms with E-state index in [0.717, 1.165) is 17.1 Å². The molecule has 1 atom stereocenters. The number of anilines is 2. The number of rotatable bonds is 3. The van der Waals surface area contributed by atoms with E-state index in [1.165, 1.54) is 29.7 Å². The summed E-state index contributed by atoms with van der Waals surface area (Å²) in [6.45, 7) is 0. The van der Waals surface area contributed by atoms with E-state index in [0.29, 0.717) is 6.04 Å². The smallest absolute Gasteiger partial charge is 0.122 e. The minimum absolute atomic E-state index is 0.390. The van der Waals surface area contributed by atoms with Gasteiger partial charge in [0.1, 0.15) is 5.75 Å². The van der Waals surface area contributed by atoms with Crippen molar-refractivity contribution in [3.63, 3.8) is 0 Å². The maximum absolute atomic E-state index is 5.90. The molecule has 0 radical (unpaired) electrons. The second-order valence-electron chi connectivity index (χ2n) is 4.88. The van der Waals surface area contributed by atoms with E-state index in [2.05, 4.69) is 16.8 Å². The van der Waals surface area contributed by atoms with Crippen molar-refractivity contribution in [2.75, 3.05) is 18.2 Å². The summed E-state index contributed by atoms with van der Waals surface area (Å²) in [6.07, 6.45) is 3.62. The fourth-order valence-electron chi connectivity index (χ4n) is 2.66. The van der Waals surface area contributed by atoms with Crippen LogP contribution in [0.25, 0.3) is 0 Å². The molecule has 0 spiro atoms. The molecular formula is C15H18N2OS. The van der Waals surface area contributed by atoms with Crippen molar-refractivity contribution in [3.05, 3.63) is 40.1 Å². The highest BCUT2D eigenvalue weighted by Gasteiger charge is 2.21. The Labute approximate surface area is 117 Å². The summed E-state index contributed by atoms with van der Waals surface area (Å²) < 4.78 is 5.26. The molecule has 0 saturated heterocycles.